The number of hydrogen-bond donors (Lipinski definition) is 2. The molecular formula is C17H16N6O4. The van der Waals surface area contributed by atoms with E-state index in [-0.39, 0.29) is 12.1 Å². The Labute approximate surface area is 153 Å². The predicted octanol–water partition coefficient (Wildman–Crippen LogP) is -0.0408. The molecule has 10 nitrogen and oxygen atoms in total. The van der Waals surface area contributed by atoms with Gasteiger partial charge in [0.1, 0.15) is 29.6 Å². The van der Waals surface area contributed by atoms with Crippen LogP contribution in [0.2, 0.25) is 0 Å². The van der Waals surface area contributed by atoms with Crippen molar-refractivity contribution >= 4 is 17.6 Å². The van der Waals surface area contributed by atoms with Crippen LogP contribution in [0.25, 0.3) is 5.82 Å². The first-order chi connectivity index (χ1) is 13.0. The topological polar surface area (TPSA) is 146 Å². The number of Topliss-reactive ketones (excluding diaryl/α,β-unsaturated/α-hetero) is 1. The molecule has 0 spiro atoms. The van der Waals surface area contributed by atoms with E-state index in [4.69, 9.17) is 10.2 Å². The molecule has 0 aliphatic heterocycles. The highest BCUT2D eigenvalue weighted by Crippen LogP contribution is 2.13. The van der Waals surface area contributed by atoms with Crippen LogP contribution >= 0.6 is 0 Å². The zero-order valence-electron chi connectivity index (χ0n) is 14.3. The minimum atomic E-state index is -1.19. The second-order valence-electron chi connectivity index (χ2n) is 5.65. The average molecular weight is 368 g/mol. The number of oxazole rings is 1. The van der Waals surface area contributed by atoms with Crippen molar-refractivity contribution in [3.05, 3.63) is 60.5 Å². The number of carbonyl (C=O) groups is 3. The van der Waals surface area contributed by atoms with Crippen LogP contribution < -0.4 is 11.1 Å². The number of rotatable bonds is 7. The van der Waals surface area contributed by atoms with E-state index in [1.165, 1.54) is 23.4 Å². The first-order valence-corrected chi connectivity index (χ1v) is 7.94. The molecule has 0 bridgehead atoms. The van der Waals surface area contributed by atoms with Gasteiger partial charge in [-0.2, -0.15) is 0 Å². The Kier molecular flexibility index (Phi) is 5.06. The number of primary amides is 1. The van der Waals surface area contributed by atoms with Crippen molar-refractivity contribution in [3.8, 4) is 5.82 Å². The summed E-state index contributed by atoms with van der Waals surface area (Å²) in [5.74, 6) is -1.67. The van der Waals surface area contributed by atoms with Crippen molar-refractivity contribution in [2.75, 3.05) is 0 Å². The monoisotopic (exact) mass is 368 g/mol. The molecule has 1 unspecified atom stereocenters. The Balaban J connectivity index is 1.88. The zero-order chi connectivity index (χ0) is 19.4. The quantitative estimate of drug-likeness (QED) is 0.556. The Morgan fingerprint density at radius 3 is 2.70 bits per heavy atom. The lowest BCUT2D eigenvalue weighted by atomic mass is 10.1. The van der Waals surface area contributed by atoms with Crippen LogP contribution in [0.3, 0.4) is 0 Å². The first kappa shape index (κ1) is 18.0. The van der Waals surface area contributed by atoms with Gasteiger partial charge >= 0.3 is 0 Å². The number of ketones is 1. The van der Waals surface area contributed by atoms with Crippen molar-refractivity contribution in [2.45, 2.75) is 19.4 Å². The number of imidazole rings is 1. The first-order valence-electron chi connectivity index (χ1n) is 7.94. The lowest BCUT2D eigenvalue weighted by Crippen LogP contribution is -2.47. The van der Waals surface area contributed by atoms with Crippen LogP contribution in [0.1, 0.15) is 22.0 Å². The molecule has 0 aliphatic rings. The van der Waals surface area contributed by atoms with Crippen LogP contribution in [0.4, 0.5) is 0 Å². The van der Waals surface area contributed by atoms with Crippen molar-refractivity contribution in [1.29, 1.82) is 0 Å². The van der Waals surface area contributed by atoms with Crippen LogP contribution in [0.5, 0.6) is 0 Å². The van der Waals surface area contributed by atoms with Gasteiger partial charge in [0.15, 0.2) is 6.39 Å². The maximum absolute atomic E-state index is 12.8. The Morgan fingerprint density at radius 1 is 1.26 bits per heavy atom. The van der Waals surface area contributed by atoms with E-state index in [0.29, 0.717) is 17.3 Å². The van der Waals surface area contributed by atoms with E-state index in [9.17, 15) is 14.4 Å². The minimum absolute atomic E-state index is 0.0410. The van der Waals surface area contributed by atoms with Crippen molar-refractivity contribution in [1.82, 2.24) is 24.8 Å². The fourth-order valence-electron chi connectivity index (χ4n) is 2.54. The number of nitrogens with two attached hydrogens (primary N) is 1. The Morgan fingerprint density at radius 2 is 2.07 bits per heavy atom. The van der Waals surface area contributed by atoms with Gasteiger partial charge in [-0.05, 0) is 19.1 Å². The number of aryl methyl sites for hydroxylation is 1. The fraction of sp³-hybridized carbons (Fsp3) is 0.176. The molecule has 1 atom stereocenters. The maximum atomic E-state index is 12.8. The van der Waals surface area contributed by atoms with Crippen LogP contribution in [0.15, 0.2) is 47.7 Å². The number of pyridine rings is 1. The van der Waals surface area contributed by atoms with Crippen LogP contribution in [-0.2, 0) is 16.0 Å². The zero-order valence-corrected chi connectivity index (χ0v) is 14.3. The average Bonchev–Trinajstić information content (AvgIpc) is 3.30. The summed E-state index contributed by atoms with van der Waals surface area (Å²) in [4.78, 5) is 48.5. The van der Waals surface area contributed by atoms with E-state index in [2.05, 4.69) is 20.3 Å². The number of nitrogens with zero attached hydrogens (tertiary/aromatic N) is 4. The molecule has 10 heteroatoms. The lowest BCUT2D eigenvalue weighted by Gasteiger charge is -2.16. The summed E-state index contributed by atoms with van der Waals surface area (Å²) in [6, 6.07) is 4.04. The van der Waals surface area contributed by atoms with Crippen LogP contribution in [0, 0.1) is 6.92 Å². The maximum Gasteiger partial charge on any atom is 0.287 e. The molecule has 3 N–H and O–H groups in total. The van der Waals surface area contributed by atoms with Crippen molar-refractivity contribution in [2.24, 2.45) is 5.73 Å². The second-order valence-corrected chi connectivity index (χ2v) is 5.65. The number of aromatic nitrogens is 4. The largest absolute Gasteiger partial charge is 0.451 e. The summed E-state index contributed by atoms with van der Waals surface area (Å²) >= 11 is 0. The van der Waals surface area contributed by atoms with E-state index < -0.39 is 23.6 Å². The van der Waals surface area contributed by atoms with Crippen molar-refractivity contribution < 1.29 is 18.8 Å². The third-order valence-corrected chi connectivity index (χ3v) is 3.81. The molecule has 0 radical (unpaired) electrons. The predicted molar refractivity (Wildman–Crippen MR) is 91.8 cm³/mol. The van der Waals surface area contributed by atoms with E-state index >= 15 is 0 Å². The fourth-order valence-corrected chi connectivity index (χ4v) is 2.54. The molecule has 0 aromatic carbocycles. The molecule has 3 rings (SSSR count). The number of nitrogens with one attached hydrogen (secondary N) is 1. The molecule has 2 amide bonds. The molecule has 0 aliphatic carbocycles. The van der Waals surface area contributed by atoms with Gasteiger partial charge in [-0.3, -0.25) is 19.0 Å². The minimum Gasteiger partial charge on any atom is -0.451 e. The smallest absolute Gasteiger partial charge is 0.287 e. The van der Waals surface area contributed by atoms with E-state index in [1.807, 2.05) is 0 Å². The summed E-state index contributed by atoms with van der Waals surface area (Å²) in [6.07, 6.45) is 5.40. The van der Waals surface area contributed by atoms with Crippen molar-refractivity contribution in [3.63, 3.8) is 0 Å². The van der Waals surface area contributed by atoms with Gasteiger partial charge in [0.2, 0.25) is 5.78 Å². The summed E-state index contributed by atoms with van der Waals surface area (Å²) in [5.41, 5.74) is 5.65. The summed E-state index contributed by atoms with van der Waals surface area (Å²) < 4.78 is 6.39. The molecule has 138 valence electrons. The molecule has 0 saturated carbocycles. The number of carbonyl (C=O) groups excluding carboxylic acids is 3. The highest BCUT2D eigenvalue weighted by molar-refractivity contribution is 6.38. The van der Waals surface area contributed by atoms with E-state index in [0.717, 1.165) is 0 Å². The van der Waals surface area contributed by atoms with Gasteiger partial charge in [-0.1, -0.05) is 6.07 Å². The molecule has 0 fully saturated rings. The standard InChI is InChI=1S/C17H16N6O4/c1-10-20-7-13(23(10)14-4-2-3-5-19-14)17(26)22-12(15(24)16(18)25)6-11-8-27-9-21-11/h2-5,7-9,12H,6H2,1H3,(H2,18,25)(H,22,26). The molecule has 0 saturated heterocycles. The summed E-state index contributed by atoms with van der Waals surface area (Å²) in [5, 5.41) is 2.52. The molecular weight excluding hydrogens is 352 g/mol. The van der Waals surface area contributed by atoms with Gasteiger partial charge in [0, 0.05) is 12.6 Å². The summed E-state index contributed by atoms with van der Waals surface area (Å²) in [7, 11) is 0. The van der Waals surface area contributed by atoms with Gasteiger partial charge in [0.05, 0.1) is 11.9 Å². The molecule has 3 heterocycles. The van der Waals surface area contributed by atoms with Gasteiger partial charge in [-0.15, -0.1) is 0 Å². The highest BCUT2D eigenvalue weighted by Gasteiger charge is 2.28. The van der Waals surface area contributed by atoms with Gasteiger partial charge in [-0.25, -0.2) is 15.0 Å². The number of hydrogen-bond acceptors (Lipinski definition) is 7. The van der Waals surface area contributed by atoms with E-state index in [1.54, 1.807) is 31.3 Å². The van der Waals surface area contributed by atoms with Gasteiger partial charge < -0.3 is 15.5 Å². The Bertz CT molecular complexity index is 965. The van der Waals surface area contributed by atoms with Gasteiger partial charge in [0.25, 0.3) is 11.8 Å². The highest BCUT2D eigenvalue weighted by atomic mass is 16.3. The summed E-state index contributed by atoms with van der Waals surface area (Å²) in [6.45, 7) is 1.72. The Hall–Kier alpha value is -3.82. The normalized spacial score (nSPS) is 11.7. The number of amides is 2. The third kappa shape index (κ3) is 3.89. The molecule has 3 aromatic rings. The third-order valence-electron chi connectivity index (χ3n) is 3.81. The second kappa shape index (κ2) is 7.60. The molecule has 3 aromatic heterocycles. The molecule has 27 heavy (non-hydrogen) atoms. The van der Waals surface area contributed by atoms with Crippen LogP contribution in [-0.4, -0.2) is 43.2 Å². The lowest BCUT2D eigenvalue weighted by molar-refractivity contribution is -0.137. The SMILES string of the molecule is Cc1ncc(C(=O)NC(Cc2cocn2)C(=O)C(N)=O)n1-c1ccccn1.